The molecule has 26 heavy (non-hydrogen) atoms. The first-order chi connectivity index (χ1) is 12.6. The molecule has 1 aliphatic rings. The highest BCUT2D eigenvalue weighted by molar-refractivity contribution is 6.21. The summed E-state index contributed by atoms with van der Waals surface area (Å²) in [5, 5.41) is 10.6. The largest absolute Gasteiger partial charge is 0.511 e. The first kappa shape index (κ1) is 17.9. The highest BCUT2D eigenvalue weighted by Gasteiger charge is 2.33. The second-order valence-corrected chi connectivity index (χ2v) is 6.44. The highest BCUT2D eigenvalue weighted by Crippen LogP contribution is 2.37. The smallest absolute Gasteiger partial charge is 0.169 e. The van der Waals surface area contributed by atoms with E-state index in [0.717, 1.165) is 11.3 Å². The summed E-state index contributed by atoms with van der Waals surface area (Å²) < 4.78 is 5.85. The predicted molar refractivity (Wildman–Crippen MR) is 99.5 cm³/mol. The zero-order valence-electron chi connectivity index (χ0n) is 14.8. The fourth-order valence-corrected chi connectivity index (χ4v) is 3.25. The molecule has 0 amide bonds. The van der Waals surface area contributed by atoms with E-state index in [-0.39, 0.29) is 41.7 Å². The summed E-state index contributed by atoms with van der Waals surface area (Å²) in [7, 11) is 0. The molecule has 0 fully saturated rings. The number of carbonyl (C=O) groups excluding carboxylic acids is 2. The van der Waals surface area contributed by atoms with Gasteiger partial charge in [-0.3, -0.25) is 9.59 Å². The van der Waals surface area contributed by atoms with Crippen molar-refractivity contribution in [3.05, 3.63) is 71.5 Å². The van der Waals surface area contributed by atoms with Gasteiger partial charge in [0.1, 0.15) is 17.3 Å². The van der Waals surface area contributed by atoms with Gasteiger partial charge in [-0.15, -0.1) is 0 Å². The Hall–Kier alpha value is -2.88. The van der Waals surface area contributed by atoms with E-state index in [1.807, 2.05) is 61.5 Å². The number of hydrogen-bond acceptors (Lipinski definition) is 4. The summed E-state index contributed by atoms with van der Waals surface area (Å²) in [5.41, 5.74) is 0.822. The van der Waals surface area contributed by atoms with Gasteiger partial charge in [-0.05, 0) is 42.7 Å². The fourth-order valence-electron chi connectivity index (χ4n) is 3.25. The second kappa shape index (κ2) is 8.00. The number of aliphatic hydroxyl groups is 1. The van der Waals surface area contributed by atoms with Gasteiger partial charge in [0.25, 0.3) is 0 Å². The Morgan fingerprint density at radius 2 is 1.85 bits per heavy atom. The molecule has 134 valence electrons. The van der Waals surface area contributed by atoms with E-state index in [9.17, 15) is 14.7 Å². The van der Waals surface area contributed by atoms with Gasteiger partial charge < -0.3 is 9.84 Å². The Bertz CT molecular complexity index is 836. The van der Waals surface area contributed by atoms with E-state index in [1.54, 1.807) is 0 Å². The van der Waals surface area contributed by atoms with Crippen LogP contribution in [0.25, 0.3) is 0 Å². The van der Waals surface area contributed by atoms with Crippen LogP contribution in [0.1, 0.15) is 44.1 Å². The third-order valence-corrected chi connectivity index (χ3v) is 4.52. The minimum Gasteiger partial charge on any atom is -0.511 e. The molecule has 0 aromatic heterocycles. The van der Waals surface area contributed by atoms with Gasteiger partial charge in [-0.1, -0.05) is 37.3 Å². The number of para-hydroxylation sites is 1. The lowest BCUT2D eigenvalue weighted by Crippen LogP contribution is -2.23. The average Bonchev–Trinajstić information content (AvgIpc) is 2.63. The number of ether oxygens (including phenoxy) is 1. The van der Waals surface area contributed by atoms with Gasteiger partial charge in [0.2, 0.25) is 0 Å². The maximum absolute atomic E-state index is 12.2. The van der Waals surface area contributed by atoms with Crippen LogP contribution in [0, 0.1) is 0 Å². The quantitative estimate of drug-likeness (QED) is 0.736. The van der Waals surface area contributed by atoms with Crippen LogP contribution in [-0.4, -0.2) is 16.7 Å². The number of benzene rings is 2. The summed E-state index contributed by atoms with van der Waals surface area (Å²) >= 11 is 0. The van der Waals surface area contributed by atoms with Crippen LogP contribution >= 0.6 is 0 Å². The monoisotopic (exact) mass is 350 g/mol. The molecule has 2 aromatic rings. The number of ketones is 2. The van der Waals surface area contributed by atoms with Crippen LogP contribution in [0.4, 0.5) is 0 Å². The summed E-state index contributed by atoms with van der Waals surface area (Å²) in [4.78, 5) is 24.4. The molecule has 1 N–H and O–H groups in total. The summed E-state index contributed by atoms with van der Waals surface area (Å²) in [5.74, 6) is 0.395. The third-order valence-electron chi connectivity index (χ3n) is 4.52. The summed E-state index contributed by atoms with van der Waals surface area (Å²) in [6.45, 7) is 1.88. The van der Waals surface area contributed by atoms with Crippen molar-refractivity contribution in [2.75, 3.05) is 0 Å². The van der Waals surface area contributed by atoms with Gasteiger partial charge in [-0.2, -0.15) is 0 Å². The normalized spacial score (nSPS) is 17.3. The molecule has 0 bridgehead atoms. The Balaban J connectivity index is 1.89. The van der Waals surface area contributed by atoms with E-state index in [0.29, 0.717) is 18.6 Å². The number of aliphatic hydroxyl groups excluding tert-OH is 1. The van der Waals surface area contributed by atoms with Crippen LogP contribution in [-0.2, 0) is 9.59 Å². The van der Waals surface area contributed by atoms with Gasteiger partial charge >= 0.3 is 0 Å². The van der Waals surface area contributed by atoms with Crippen molar-refractivity contribution in [1.29, 1.82) is 0 Å². The number of Topliss-reactive ketones (excluding diaryl/α,β-unsaturated/α-hetero) is 2. The van der Waals surface area contributed by atoms with Crippen molar-refractivity contribution >= 4 is 11.6 Å². The van der Waals surface area contributed by atoms with Crippen molar-refractivity contribution in [3.8, 4) is 11.5 Å². The third kappa shape index (κ3) is 3.85. The second-order valence-electron chi connectivity index (χ2n) is 6.44. The molecule has 0 heterocycles. The fraction of sp³-hybridized carbons (Fsp3) is 0.273. The molecule has 4 heteroatoms. The first-order valence-corrected chi connectivity index (χ1v) is 8.92. The zero-order chi connectivity index (χ0) is 18.5. The number of carbonyl (C=O) groups is 2. The Morgan fingerprint density at radius 1 is 1.12 bits per heavy atom. The van der Waals surface area contributed by atoms with Crippen LogP contribution < -0.4 is 4.74 Å². The highest BCUT2D eigenvalue weighted by atomic mass is 16.5. The molecule has 4 nitrogen and oxygen atoms in total. The number of rotatable bonds is 6. The standard InChI is InChI=1S/C22H22O4/c1-2-7-19(23)21-20(24)13-12-18(22(21)25)15-8-6-11-17(14-15)26-16-9-4-3-5-10-16/h3-6,8-11,14,18,25H,2,7,12-13H2,1H3/t18-/m0/s1. The van der Waals surface area contributed by atoms with E-state index >= 15 is 0 Å². The SMILES string of the molecule is CCCC(=O)C1=C(O)[C@H](c2cccc(Oc3ccccc3)c2)CCC1=O. The molecule has 0 saturated carbocycles. The van der Waals surface area contributed by atoms with E-state index in [4.69, 9.17) is 4.74 Å². The Labute approximate surface area is 153 Å². The first-order valence-electron chi connectivity index (χ1n) is 8.92. The minimum absolute atomic E-state index is 0.0162. The van der Waals surface area contributed by atoms with Crippen LogP contribution in [0.5, 0.6) is 11.5 Å². The van der Waals surface area contributed by atoms with E-state index in [1.165, 1.54) is 0 Å². The van der Waals surface area contributed by atoms with E-state index in [2.05, 4.69) is 0 Å². The maximum atomic E-state index is 12.2. The van der Waals surface area contributed by atoms with Crippen LogP contribution in [0.15, 0.2) is 65.9 Å². The Kier molecular flexibility index (Phi) is 5.52. The molecule has 1 atom stereocenters. The predicted octanol–water partition coefficient (Wildman–Crippen LogP) is 5.11. The molecule has 0 radical (unpaired) electrons. The van der Waals surface area contributed by atoms with Crippen molar-refractivity contribution in [1.82, 2.24) is 0 Å². The molecule has 0 saturated heterocycles. The summed E-state index contributed by atoms with van der Waals surface area (Å²) in [6.07, 6.45) is 1.68. The number of allylic oxidation sites excluding steroid dienone is 2. The lowest BCUT2D eigenvalue weighted by Gasteiger charge is -2.24. The van der Waals surface area contributed by atoms with Crippen molar-refractivity contribution < 1.29 is 19.4 Å². The minimum atomic E-state index is -0.358. The van der Waals surface area contributed by atoms with Gasteiger partial charge in [0, 0.05) is 18.8 Å². The van der Waals surface area contributed by atoms with Crippen molar-refractivity contribution in [3.63, 3.8) is 0 Å². The lowest BCUT2D eigenvalue weighted by atomic mass is 9.81. The van der Waals surface area contributed by atoms with Crippen LogP contribution in [0.2, 0.25) is 0 Å². The van der Waals surface area contributed by atoms with Gasteiger partial charge in [0.05, 0.1) is 5.57 Å². The topological polar surface area (TPSA) is 63.6 Å². The van der Waals surface area contributed by atoms with Gasteiger partial charge in [-0.25, -0.2) is 0 Å². The average molecular weight is 350 g/mol. The molecular weight excluding hydrogens is 328 g/mol. The molecule has 3 rings (SSSR count). The van der Waals surface area contributed by atoms with Crippen LogP contribution in [0.3, 0.4) is 0 Å². The maximum Gasteiger partial charge on any atom is 0.169 e. The van der Waals surface area contributed by atoms with Crippen molar-refractivity contribution in [2.24, 2.45) is 0 Å². The number of hydrogen-bond donors (Lipinski definition) is 1. The summed E-state index contributed by atoms with van der Waals surface area (Å²) in [6, 6.07) is 16.9. The van der Waals surface area contributed by atoms with Gasteiger partial charge in [0.15, 0.2) is 11.6 Å². The van der Waals surface area contributed by atoms with E-state index < -0.39 is 0 Å². The lowest BCUT2D eigenvalue weighted by molar-refractivity contribution is -0.122. The molecule has 2 aromatic carbocycles. The Morgan fingerprint density at radius 3 is 2.58 bits per heavy atom. The molecule has 0 aliphatic heterocycles. The molecule has 0 spiro atoms. The molecular formula is C22H22O4. The van der Waals surface area contributed by atoms with Crippen molar-refractivity contribution in [2.45, 2.75) is 38.5 Å². The molecule has 1 aliphatic carbocycles. The zero-order valence-corrected chi connectivity index (χ0v) is 14.8. The molecule has 0 unspecified atom stereocenters.